The van der Waals surface area contributed by atoms with Crippen LogP contribution in [0.25, 0.3) is 0 Å². The van der Waals surface area contributed by atoms with Crippen LogP contribution in [0.2, 0.25) is 0 Å². The predicted octanol–water partition coefficient (Wildman–Crippen LogP) is 6.82. The summed E-state index contributed by atoms with van der Waals surface area (Å²) in [5.41, 5.74) is 3.13. The number of hydrogen-bond acceptors (Lipinski definition) is 0. The molecule has 0 N–H and O–H groups in total. The third kappa shape index (κ3) is 5.01. The Morgan fingerprint density at radius 1 is 0.920 bits per heavy atom. The fourth-order valence-electron chi connectivity index (χ4n) is 3.02. The van der Waals surface area contributed by atoms with E-state index in [0.717, 1.165) is 18.4 Å². The Morgan fingerprint density at radius 3 is 2.12 bits per heavy atom. The maximum Gasteiger partial charge on any atom is 0.162 e. The van der Waals surface area contributed by atoms with E-state index in [2.05, 4.69) is 32.6 Å². The molecule has 0 fully saturated rings. The largest absolute Gasteiger partial charge is 0.203 e. The Labute approximate surface area is 150 Å². The van der Waals surface area contributed by atoms with Gasteiger partial charge in [0.05, 0.1) is 0 Å². The van der Waals surface area contributed by atoms with Crippen LogP contribution in [0.3, 0.4) is 0 Å². The summed E-state index contributed by atoms with van der Waals surface area (Å²) in [6.07, 6.45) is 5.15. The van der Waals surface area contributed by atoms with Crippen LogP contribution in [-0.2, 0) is 12.8 Å². The van der Waals surface area contributed by atoms with Crippen LogP contribution in [0.4, 0.5) is 8.78 Å². The normalized spacial score (nSPS) is 13.5. The molecule has 0 aliphatic heterocycles. The number of rotatable bonds is 8. The summed E-state index contributed by atoms with van der Waals surface area (Å²) in [5, 5.41) is 0. The van der Waals surface area contributed by atoms with E-state index in [1.54, 1.807) is 12.1 Å². The standard InChI is InChI=1S/C23H28F2/c1-5-16(3)7-8-17(4)20-11-9-18(10-12-20)15-21-14-13-19(6-2)22(24)23(21)25/h5,9-14,16-17H,1,6-8,15H2,2-4H3. The lowest BCUT2D eigenvalue weighted by molar-refractivity contribution is 0.492. The maximum absolute atomic E-state index is 14.2. The molecule has 0 saturated heterocycles. The summed E-state index contributed by atoms with van der Waals surface area (Å²) in [7, 11) is 0. The molecule has 2 atom stereocenters. The number of aryl methyl sites for hydroxylation is 1. The lowest BCUT2D eigenvalue weighted by Gasteiger charge is -2.14. The molecule has 0 aliphatic rings. The van der Waals surface area contributed by atoms with Crippen molar-refractivity contribution in [1.82, 2.24) is 0 Å². The molecule has 2 unspecified atom stereocenters. The monoisotopic (exact) mass is 342 g/mol. The molecule has 0 radical (unpaired) electrons. The van der Waals surface area contributed by atoms with E-state index in [9.17, 15) is 8.78 Å². The van der Waals surface area contributed by atoms with Crippen LogP contribution < -0.4 is 0 Å². The first kappa shape index (κ1) is 19.4. The lowest BCUT2D eigenvalue weighted by Crippen LogP contribution is -2.01. The van der Waals surface area contributed by atoms with Crippen molar-refractivity contribution in [3.05, 3.63) is 82.9 Å². The summed E-state index contributed by atoms with van der Waals surface area (Å²) in [4.78, 5) is 0. The van der Waals surface area contributed by atoms with Crippen molar-refractivity contribution < 1.29 is 8.78 Å². The molecular formula is C23H28F2. The van der Waals surface area contributed by atoms with Crippen molar-refractivity contribution in [3.63, 3.8) is 0 Å². The fraction of sp³-hybridized carbons (Fsp3) is 0.391. The molecule has 0 spiro atoms. The van der Waals surface area contributed by atoms with E-state index < -0.39 is 11.6 Å². The first-order valence-electron chi connectivity index (χ1n) is 9.13. The molecule has 2 rings (SSSR count). The minimum Gasteiger partial charge on any atom is -0.203 e. The molecule has 25 heavy (non-hydrogen) atoms. The molecule has 0 aromatic heterocycles. The van der Waals surface area contributed by atoms with Gasteiger partial charge < -0.3 is 0 Å². The van der Waals surface area contributed by atoms with Crippen LogP contribution in [0, 0.1) is 17.6 Å². The third-order valence-electron chi connectivity index (χ3n) is 5.02. The van der Waals surface area contributed by atoms with Crippen molar-refractivity contribution in [2.45, 2.75) is 52.4 Å². The Bertz CT molecular complexity index is 701. The molecule has 0 nitrogen and oxygen atoms in total. The van der Waals surface area contributed by atoms with Gasteiger partial charge >= 0.3 is 0 Å². The zero-order chi connectivity index (χ0) is 18.4. The Morgan fingerprint density at radius 2 is 1.52 bits per heavy atom. The van der Waals surface area contributed by atoms with Gasteiger partial charge in [0.25, 0.3) is 0 Å². The van der Waals surface area contributed by atoms with Gasteiger partial charge in [-0.3, -0.25) is 0 Å². The molecule has 2 aromatic carbocycles. The smallest absolute Gasteiger partial charge is 0.162 e. The highest BCUT2D eigenvalue weighted by molar-refractivity contribution is 5.33. The Hall–Kier alpha value is -1.96. The van der Waals surface area contributed by atoms with E-state index in [1.165, 1.54) is 5.56 Å². The molecule has 2 heteroatoms. The van der Waals surface area contributed by atoms with Gasteiger partial charge in [0.15, 0.2) is 11.6 Å². The van der Waals surface area contributed by atoms with Gasteiger partial charge in [0, 0.05) is 6.42 Å². The predicted molar refractivity (Wildman–Crippen MR) is 102 cm³/mol. The molecule has 0 aliphatic carbocycles. The molecule has 0 amide bonds. The van der Waals surface area contributed by atoms with Crippen LogP contribution in [0.15, 0.2) is 49.1 Å². The average molecular weight is 342 g/mol. The van der Waals surface area contributed by atoms with Gasteiger partial charge in [0.2, 0.25) is 0 Å². The lowest BCUT2D eigenvalue weighted by atomic mass is 9.91. The third-order valence-corrected chi connectivity index (χ3v) is 5.02. The van der Waals surface area contributed by atoms with E-state index in [-0.39, 0.29) is 0 Å². The average Bonchev–Trinajstić information content (AvgIpc) is 2.64. The first-order valence-corrected chi connectivity index (χ1v) is 9.13. The Kier molecular flexibility index (Phi) is 6.92. The van der Waals surface area contributed by atoms with Crippen LogP contribution in [0.1, 0.15) is 61.8 Å². The van der Waals surface area contributed by atoms with Crippen molar-refractivity contribution in [2.24, 2.45) is 5.92 Å². The van der Waals surface area contributed by atoms with Gasteiger partial charge in [0.1, 0.15) is 0 Å². The van der Waals surface area contributed by atoms with E-state index in [1.807, 2.05) is 25.1 Å². The molecule has 2 aromatic rings. The molecule has 134 valence electrons. The second-order valence-electron chi connectivity index (χ2n) is 6.98. The number of allylic oxidation sites excluding steroid dienone is 1. The first-order chi connectivity index (χ1) is 12.0. The van der Waals surface area contributed by atoms with Crippen molar-refractivity contribution >= 4 is 0 Å². The molecule has 0 saturated carbocycles. The van der Waals surface area contributed by atoms with Crippen LogP contribution in [0.5, 0.6) is 0 Å². The van der Waals surface area contributed by atoms with Gasteiger partial charge in [-0.1, -0.05) is 63.2 Å². The van der Waals surface area contributed by atoms with E-state index in [4.69, 9.17) is 0 Å². The van der Waals surface area contributed by atoms with Gasteiger partial charge in [-0.05, 0) is 53.4 Å². The number of hydrogen-bond donors (Lipinski definition) is 0. The Balaban J connectivity index is 2.05. The summed E-state index contributed by atoms with van der Waals surface area (Å²) in [5.74, 6) is -0.406. The highest BCUT2D eigenvalue weighted by atomic mass is 19.2. The van der Waals surface area contributed by atoms with Gasteiger partial charge in [-0.2, -0.15) is 0 Å². The highest BCUT2D eigenvalue weighted by Gasteiger charge is 2.13. The van der Waals surface area contributed by atoms with E-state index >= 15 is 0 Å². The van der Waals surface area contributed by atoms with Crippen molar-refractivity contribution in [2.75, 3.05) is 0 Å². The molecular weight excluding hydrogens is 314 g/mol. The van der Waals surface area contributed by atoms with Crippen molar-refractivity contribution in [3.8, 4) is 0 Å². The second kappa shape index (κ2) is 8.94. The van der Waals surface area contributed by atoms with Gasteiger partial charge in [-0.15, -0.1) is 6.58 Å². The highest BCUT2D eigenvalue weighted by Crippen LogP contribution is 2.25. The van der Waals surface area contributed by atoms with Crippen molar-refractivity contribution in [1.29, 1.82) is 0 Å². The maximum atomic E-state index is 14.2. The minimum atomic E-state index is -0.713. The molecule has 0 heterocycles. The summed E-state index contributed by atoms with van der Waals surface area (Å²) in [6, 6.07) is 11.6. The van der Waals surface area contributed by atoms with Crippen LogP contribution in [-0.4, -0.2) is 0 Å². The summed E-state index contributed by atoms with van der Waals surface area (Å²) >= 11 is 0. The fourth-order valence-corrected chi connectivity index (χ4v) is 3.02. The SMILES string of the molecule is C=CC(C)CCC(C)c1ccc(Cc2ccc(CC)c(F)c2F)cc1. The van der Waals surface area contributed by atoms with E-state index in [0.29, 0.717) is 35.8 Å². The quantitative estimate of drug-likeness (QED) is 0.462. The zero-order valence-corrected chi connectivity index (χ0v) is 15.5. The zero-order valence-electron chi connectivity index (χ0n) is 15.5. The molecule has 0 bridgehead atoms. The minimum absolute atomic E-state index is 0.412. The van der Waals surface area contributed by atoms with Crippen LogP contribution >= 0.6 is 0 Å². The number of benzene rings is 2. The summed E-state index contributed by atoms with van der Waals surface area (Å²) < 4.78 is 28.1. The topological polar surface area (TPSA) is 0 Å². The number of halogens is 2. The second-order valence-corrected chi connectivity index (χ2v) is 6.98. The summed E-state index contributed by atoms with van der Waals surface area (Å²) in [6.45, 7) is 10.1. The van der Waals surface area contributed by atoms with Gasteiger partial charge in [-0.25, -0.2) is 8.78 Å².